The summed E-state index contributed by atoms with van der Waals surface area (Å²) in [6.45, 7) is 8.10. The molecule has 1 saturated heterocycles. The van der Waals surface area contributed by atoms with E-state index in [4.69, 9.17) is 4.74 Å². The van der Waals surface area contributed by atoms with Crippen molar-refractivity contribution in [2.45, 2.75) is 26.0 Å². The molecular weight excluding hydrogens is 298 g/mol. The van der Waals surface area contributed by atoms with Crippen LogP contribution < -0.4 is 10.1 Å². The summed E-state index contributed by atoms with van der Waals surface area (Å²) < 4.78 is 6.87. The van der Waals surface area contributed by atoms with Crippen LogP contribution in [0.15, 0.2) is 18.2 Å². The van der Waals surface area contributed by atoms with Gasteiger partial charge in [-0.3, -0.25) is 4.90 Å². The Morgan fingerprint density at radius 1 is 1.55 bits per heavy atom. The fraction of sp³-hybridized carbons (Fsp3) is 0.562. The Morgan fingerprint density at radius 3 is 3.23 bits per heavy atom. The molecule has 0 radical (unpaired) electrons. The summed E-state index contributed by atoms with van der Waals surface area (Å²) in [7, 11) is 0. The lowest BCUT2D eigenvalue weighted by Crippen LogP contribution is -2.52. The number of nitrogens with zero attached hydrogens (tertiary/aromatic N) is 2. The maximum Gasteiger partial charge on any atom is 0.121 e. The molecule has 0 unspecified atom stereocenters. The van der Waals surface area contributed by atoms with Gasteiger partial charge in [-0.1, -0.05) is 0 Å². The first-order chi connectivity index (χ1) is 10.6. The number of aliphatic hydroxyl groups is 1. The van der Waals surface area contributed by atoms with Crippen LogP contribution in [-0.2, 0) is 0 Å². The monoisotopic (exact) mass is 321 g/mol. The van der Waals surface area contributed by atoms with Crippen LogP contribution in [0.2, 0.25) is 0 Å². The highest BCUT2D eigenvalue weighted by Gasteiger charge is 2.20. The Labute approximate surface area is 134 Å². The Hall–Kier alpha value is -1.21. The van der Waals surface area contributed by atoms with Gasteiger partial charge in [0, 0.05) is 32.2 Å². The Balaban J connectivity index is 1.53. The molecule has 1 aromatic carbocycles. The molecule has 0 bridgehead atoms. The van der Waals surface area contributed by atoms with E-state index in [1.165, 1.54) is 0 Å². The van der Waals surface area contributed by atoms with Crippen LogP contribution in [0.1, 0.15) is 11.9 Å². The number of rotatable bonds is 5. The second-order valence-corrected chi connectivity index (χ2v) is 7.11. The van der Waals surface area contributed by atoms with Gasteiger partial charge in [0.25, 0.3) is 0 Å². The van der Waals surface area contributed by atoms with Gasteiger partial charge in [0.15, 0.2) is 0 Å². The number of nitrogens with one attached hydrogen (secondary N) is 1. The van der Waals surface area contributed by atoms with Crippen molar-refractivity contribution in [1.82, 2.24) is 15.2 Å². The average molecular weight is 321 g/mol. The summed E-state index contributed by atoms with van der Waals surface area (Å²) in [5, 5.41) is 14.6. The molecule has 3 rings (SSSR count). The Bertz CT molecular complexity index is 631. The number of fused-ring (bicyclic) bond motifs is 1. The zero-order valence-electron chi connectivity index (χ0n) is 13.1. The zero-order valence-corrected chi connectivity index (χ0v) is 13.9. The standard InChI is InChI=1S/C16H23N3O2S/c1-11-8-17-5-6-19(11)9-13(20)10-21-14-3-4-15-16(7-14)22-12(2)18-15/h3-4,7,11,13,17,20H,5-6,8-10H2,1-2H3/t11-,13-/m0/s1. The molecule has 0 spiro atoms. The third-order valence-electron chi connectivity index (χ3n) is 3.99. The van der Waals surface area contributed by atoms with Crippen LogP contribution in [0.25, 0.3) is 10.2 Å². The van der Waals surface area contributed by atoms with E-state index in [0.29, 0.717) is 19.2 Å². The largest absolute Gasteiger partial charge is 0.491 e. The van der Waals surface area contributed by atoms with Crippen molar-refractivity contribution in [2.75, 3.05) is 32.8 Å². The summed E-state index contributed by atoms with van der Waals surface area (Å²) in [6.07, 6.45) is -0.473. The molecule has 2 atom stereocenters. The normalized spacial score (nSPS) is 21.1. The summed E-state index contributed by atoms with van der Waals surface area (Å²) in [4.78, 5) is 6.74. The van der Waals surface area contributed by atoms with E-state index in [1.807, 2.05) is 25.1 Å². The van der Waals surface area contributed by atoms with Crippen molar-refractivity contribution in [3.63, 3.8) is 0 Å². The molecule has 1 aromatic heterocycles. The van der Waals surface area contributed by atoms with Crippen LogP contribution in [0.5, 0.6) is 5.75 Å². The number of benzene rings is 1. The first kappa shape index (κ1) is 15.7. The van der Waals surface area contributed by atoms with Gasteiger partial charge in [0.2, 0.25) is 0 Å². The first-order valence-corrected chi connectivity index (χ1v) is 8.56. The van der Waals surface area contributed by atoms with Gasteiger partial charge in [0.05, 0.1) is 15.2 Å². The van der Waals surface area contributed by atoms with Gasteiger partial charge in [-0.05, 0) is 32.0 Å². The molecule has 2 N–H and O–H groups in total. The molecule has 0 saturated carbocycles. The lowest BCUT2D eigenvalue weighted by molar-refractivity contribution is 0.0478. The van der Waals surface area contributed by atoms with Crippen molar-refractivity contribution in [2.24, 2.45) is 0 Å². The lowest BCUT2D eigenvalue weighted by Gasteiger charge is -2.35. The predicted octanol–water partition coefficient (Wildman–Crippen LogP) is 1.64. The van der Waals surface area contributed by atoms with Gasteiger partial charge in [-0.15, -0.1) is 11.3 Å². The van der Waals surface area contributed by atoms with E-state index < -0.39 is 6.10 Å². The van der Waals surface area contributed by atoms with Gasteiger partial charge in [-0.25, -0.2) is 4.98 Å². The molecule has 1 aliphatic rings. The lowest BCUT2D eigenvalue weighted by atomic mass is 10.2. The smallest absolute Gasteiger partial charge is 0.121 e. The van der Waals surface area contributed by atoms with Gasteiger partial charge < -0.3 is 15.2 Å². The fourth-order valence-electron chi connectivity index (χ4n) is 2.78. The molecule has 0 aliphatic carbocycles. The maximum atomic E-state index is 10.2. The van der Waals surface area contributed by atoms with Gasteiger partial charge >= 0.3 is 0 Å². The summed E-state index contributed by atoms with van der Waals surface area (Å²) in [5.74, 6) is 0.795. The minimum atomic E-state index is -0.473. The third-order valence-corrected chi connectivity index (χ3v) is 4.93. The molecule has 5 nitrogen and oxygen atoms in total. The number of piperazine rings is 1. The van der Waals surface area contributed by atoms with Crippen molar-refractivity contribution in [1.29, 1.82) is 0 Å². The van der Waals surface area contributed by atoms with E-state index in [9.17, 15) is 5.11 Å². The van der Waals surface area contributed by atoms with E-state index >= 15 is 0 Å². The molecule has 1 aliphatic heterocycles. The van der Waals surface area contributed by atoms with Crippen molar-refractivity contribution in [3.05, 3.63) is 23.2 Å². The first-order valence-electron chi connectivity index (χ1n) is 7.74. The third kappa shape index (κ3) is 3.76. The summed E-state index contributed by atoms with van der Waals surface area (Å²) in [6, 6.07) is 6.35. The van der Waals surface area contributed by atoms with Gasteiger partial charge in [-0.2, -0.15) is 0 Å². The number of aliphatic hydroxyl groups excluding tert-OH is 1. The number of thiazole rings is 1. The number of β-amino-alcohol motifs (C(OH)–C–C–N with tert-alkyl or cyclic N) is 1. The van der Waals surface area contributed by atoms with Crippen LogP contribution in [0, 0.1) is 6.92 Å². The van der Waals surface area contributed by atoms with Crippen molar-refractivity contribution < 1.29 is 9.84 Å². The van der Waals surface area contributed by atoms with Crippen LogP contribution in [0.3, 0.4) is 0 Å². The zero-order chi connectivity index (χ0) is 15.5. The van der Waals surface area contributed by atoms with E-state index in [-0.39, 0.29) is 0 Å². The molecule has 2 aromatic rings. The number of ether oxygens (including phenoxy) is 1. The molecule has 120 valence electrons. The van der Waals surface area contributed by atoms with Gasteiger partial charge in [0.1, 0.15) is 18.5 Å². The second-order valence-electron chi connectivity index (χ2n) is 5.88. The minimum Gasteiger partial charge on any atom is -0.491 e. The number of hydrogen-bond donors (Lipinski definition) is 2. The molecule has 2 heterocycles. The van der Waals surface area contributed by atoms with E-state index in [0.717, 1.165) is 40.6 Å². The highest BCUT2D eigenvalue weighted by atomic mass is 32.1. The summed E-state index contributed by atoms with van der Waals surface area (Å²) in [5.41, 5.74) is 1.00. The van der Waals surface area contributed by atoms with Crippen molar-refractivity contribution >= 4 is 21.6 Å². The van der Waals surface area contributed by atoms with Crippen LogP contribution in [-0.4, -0.2) is 59.9 Å². The van der Waals surface area contributed by atoms with Crippen LogP contribution in [0.4, 0.5) is 0 Å². The molecule has 1 fully saturated rings. The van der Waals surface area contributed by atoms with E-state index in [1.54, 1.807) is 11.3 Å². The quantitative estimate of drug-likeness (QED) is 0.877. The van der Waals surface area contributed by atoms with Crippen molar-refractivity contribution in [3.8, 4) is 5.75 Å². The highest BCUT2D eigenvalue weighted by molar-refractivity contribution is 7.18. The molecule has 6 heteroatoms. The Kier molecular flexibility index (Phi) is 4.93. The number of aromatic nitrogens is 1. The maximum absolute atomic E-state index is 10.2. The summed E-state index contributed by atoms with van der Waals surface area (Å²) >= 11 is 1.66. The molecular formula is C16H23N3O2S. The highest BCUT2D eigenvalue weighted by Crippen LogP contribution is 2.26. The SMILES string of the molecule is Cc1nc2ccc(OC[C@@H](O)CN3CCNC[C@@H]3C)cc2s1. The average Bonchev–Trinajstić information content (AvgIpc) is 2.87. The predicted molar refractivity (Wildman–Crippen MR) is 89.8 cm³/mol. The topological polar surface area (TPSA) is 57.6 Å². The van der Waals surface area contributed by atoms with E-state index in [2.05, 4.69) is 22.1 Å². The fourth-order valence-corrected chi connectivity index (χ4v) is 3.64. The number of aryl methyl sites for hydroxylation is 1. The second kappa shape index (κ2) is 6.91. The minimum absolute atomic E-state index is 0.319. The molecule has 0 amide bonds. The Morgan fingerprint density at radius 2 is 2.41 bits per heavy atom. The molecule has 22 heavy (non-hydrogen) atoms. The van der Waals surface area contributed by atoms with Crippen LogP contribution >= 0.6 is 11.3 Å². The number of hydrogen-bond acceptors (Lipinski definition) is 6.